The second-order valence-electron chi connectivity index (χ2n) is 5.15. The molecule has 0 bridgehead atoms. The van der Waals surface area contributed by atoms with Crippen LogP contribution in [0.3, 0.4) is 0 Å². The van der Waals surface area contributed by atoms with E-state index in [4.69, 9.17) is 16.3 Å². The number of ether oxygens (including phenoxy) is 1. The highest BCUT2D eigenvalue weighted by atomic mass is 35.5. The first-order valence-corrected chi connectivity index (χ1v) is 7.53. The van der Waals surface area contributed by atoms with Crippen molar-refractivity contribution < 1.29 is 9.53 Å². The molecule has 0 atom stereocenters. The number of unbranched alkanes of at least 4 members (excludes halogenated alkanes) is 1. The Morgan fingerprint density at radius 1 is 1.33 bits per heavy atom. The number of halogens is 1. The van der Waals surface area contributed by atoms with Crippen molar-refractivity contribution in [2.45, 2.75) is 47.0 Å². The van der Waals surface area contributed by atoms with Crippen LogP contribution in [0.2, 0.25) is 5.02 Å². The highest BCUT2D eigenvalue weighted by molar-refractivity contribution is 6.32. The van der Waals surface area contributed by atoms with Crippen molar-refractivity contribution in [3.8, 4) is 5.75 Å². The van der Waals surface area contributed by atoms with E-state index < -0.39 is 0 Å². The summed E-state index contributed by atoms with van der Waals surface area (Å²) in [5, 5.41) is 4.76. The van der Waals surface area contributed by atoms with Gasteiger partial charge in [-0.1, -0.05) is 24.9 Å². The first-order chi connectivity index (χ1) is 9.93. The number of rotatable bonds is 7. The van der Waals surface area contributed by atoms with E-state index in [9.17, 15) is 4.79 Å². The molecular formula is C16H23ClN2O2. The van der Waals surface area contributed by atoms with Gasteiger partial charge in [0.2, 0.25) is 0 Å². The van der Waals surface area contributed by atoms with E-state index in [0.29, 0.717) is 5.75 Å². The van der Waals surface area contributed by atoms with Crippen LogP contribution < -0.4 is 10.2 Å². The van der Waals surface area contributed by atoms with Gasteiger partial charge in [0.1, 0.15) is 5.75 Å². The maximum Gasteiger partial charge on any atom is 0.277 e. The van der Waals surface area contributed by atoms with Gasteiger partial charge in [-0.3, -0.25) is 4.79 Å². The summed E-state index contributed by atoms with van der Waals surface area (Å²) in [5.41, 5.74) is 5.28. The molecule has 1 rings (SSSR count). The van der Waals surface area contributed by atoms with Crippen molar-refractivity contribution in [2.75, 3.05) is 6.61 Å². The number of nitrogens with one attached hydrogen (secondary N) is 1. The summed E-state index contributed by atoms with van der Waals surface area (Å²) in [6, 6.07) is 3.64. The Labute approximate surface area is 131 Å². The summed E-state index contributed by atoms with van der Waals surface area (Å²) in [4.78, 5) is 11.7. The molecule has 0 unspecified atom stereocenters. The molecule has 0 saturated carbocycles. The number of carbonyl (C=O) groups excluding carboxylic acids is 1. The number of hydrazone groups is 1. The minimum Gasteiger partial charge on any atom is -0.484 e. The van der Waals surface area contributed by atoms with E-state index in [1.165, 1.54) is 0 Å². The van der Waals surface area contributed by atoms with Crippen LogP contribution in [-0.2, 0) is 4.79 Å². The third-order valence-corrected chi connectivity index (χ3v) is 3.64. The fourth-order valence-corrected chi connectivity index (χ4v) is 1.93. The van der Waals surface area contributed by atoms with E-state index in [1.807, 2.05) is 32.9 Å². The second kappa shape index (κ2) is 8.67. The summed E-state index contributed by atoms with van der Waals surface area (Å²) in [6.07, 6.45) is 3.08. The average molecular weight is 311 g/mol. The average Bonchev–Trinajstić information content (AvgIpc) is 2.46. The zero-order chi connectivity index (χ0) is 15.8. The van der Waals surface area contributed by atoms with Crippen LogP contribution in [0, 0.1) is 13.8 Å². The van der Waals surface area contributed by atoms with Gasteiger partial charge in [0.25, 0.3) is 5.91 Å². The molecule has 0 aliphatic carbocycles. The molecule has 1 aromatic carbocycles. The van der Waals surface area contributed by atoms with Gasteiger partial charge in [-0.2, -0.15) is 5.10 Å². The molecule has 0 fully saturated rings. The molecule has 0 spiro atoms. The lowest BCUT2D eigenvalue weighted by molar-refractivity contribution is -0.123. The fraction of sp³-hybridized carbons (Fsp3) is 0.500. The highest BCUT2D eigenvalue weighted by Gasteiger charge is 2.06. The van der Waals surface area contributed by atoms with Gasteiger partial charge in [-0.25, -0.2) is 5.43 Å². The normalized spacial score (nSPS) is 11.4. The van der Waals surface area contributed by atoms with Crippen LogP contribution in [0.1, 0.15) is 44.2 Å². The Kier molecular flexibility index (Phi) is 7.23. The summed E-state index contributed by atoms with van der Waals surface area (Å²) in [5.74, 6) is 0.368. The molecule has 5 heteroatoms. The highest BCUT2D eigenvalue weighted by Crippen LogP contribution is 2.25. The maximum absolute atomic E-state index is 11.7. The molecule has 1 amide bonds. The van der Waals surface area contributed by atoms with E-state index in [0.717, 1.165) is 41.1 Å². The Hall–Kier alpha value is -1.55. The van der Waals surface area contributed by atoms with Gasteiger partial charge in [0.15, 0.2) is 6.61 Å². The number of benzene rings is 1. The third-order valence-electron chi connectivity index (χ3n) is 3.04. The van der Waals surface area contributed by atoms with Gasteiger partial charge in [-0.05, 0) is 56.9 Å². The molecule has 1 N–H and O–H groups in total. The summed E-state index contributed by atoms with van der Waals surface area (Å²) in [7, 11) is 0. The van der Waals surface area contributed by atoms with Crippen molar-refractivity contribution in [3.63, 3.8) is 0 Å². The standard InChI is InChI=1S/C16H23ClN2O2/c1-5-6-7-13(4)18-19-15(20)10-21-14-8-11(2)16(17)12(3)9-14/h8-9H,5-7,10H2,1-4H3,(H,19,20). The fourth-order valence-electron chi connectivity index (χ4n) is 1.82. The number of hydrogen-bond acceptors (Lipinski definition) is 3. The van der Waals surface area contributed by atoms with Gasteiger partial charge in [0, 0.05) is 10.7 Å². The van der Waals surface area contributed by atoms with Crippen molar-refractivity contribution in [2.24, 2.45) is 5.10 Å². The van der Waals surface area contributed by atoms with E-state index in [1.54, 1.807) is 0 Å². The van der Waals surface area contributed by atoms with Crippen molar-refractivity contribution in [3.05, 3.63) is 28.3 Å². The smallest absolute Gasteiger partial charge is 0.277 e. The van der Waals surface area contributed by atoms with Crippen molar-refractivity contribution >= 4 is 23.2 Å². The number of aryl methyl sites for hydroxylation is 2. The molecular weight excluding hydrogens is 288 g/mol. The first kappa shape index (κ1) is 17.5. The van der Waals surface area contributed by atoms with Gasteiger partial charge < -0.3 is 4.74 Å². The molecule has 4 nitrogen and oxygen atoms in total. The SMILES string of the molecule is CCCCC(C)=NNC(=O)COc1cc(C)c(Cl)c(C)c1. The van der Waals surface area contributed by atoms with Crippen LogP contribution in [0.25, 0.3) is 0 Å². The lowest BCUT2D eigenvalue weighted by Crippen LogP contribution is -2.25. The molecule has 0 radical (unpaired) electrons. The van der Waals surface area contributed by atoms with Crippen LogP contribution in [0.5, 0.6) is 5.75 Å². The predicted molar refractivity (Wildman–Crippen MR) is 87.2 cm³/mol. The molecule has 116 valence electrons. The Balaban J connectivity index is 2.46. The molecule has 0 aliphatic heterocycles. The largest absolute Gasteiger partial charge is 0.484 e. The first-order valence-electron chi connectivity index (χ1n) is 7.15. The summed E-state index contributed by atoms with van der Waals surface area (Å²) in [6.45, 7) is 7.77. The molecule has 1 aromatic rings. The quantitative estimate of drug-likeness (QED) is 0.611. The summed E-state index contributed by atoms with van der Waals surface area (Å²) < 4.78 is 5.46. The maximum atomic E-state index is 11.7. The van der Waals surface area contributed by atoms with Crippen molar-refractivity contribution in [1.82, 2.24) is 5.43 Å². The second-order valence-corrected chi connectivity index (χ2v) is 5.52. The monoisotopic (exact) mass is 310 g/mol. The van der Waals surface area contributed by atoms with Crippen molar-refractivity contribution in [1.29, 1.82) is 0 Å². The van der Waals surface area contributed by atoms with E-state index >= 15 is 0 Å². The Morgan fingerprint density at radius 3 is 2.52 bits per heavy atom. The van der Waals surface area contributed by atoms with Crippen LogP contribution in [-0.4, -0.2) is 18.2 Å². The van der Waals surface area contributed by atoms with E-state index in [-0.39, 0.29) is 12.5 Å². The molecule has 0 saturated heterocycles. The van der Waals surface area contributed by atoms with Gasteiger partial charge >= 0.3 is 0 Å². The van der Waals surface area contributed by atoms with Gasteiger partial charge in [0.05, 0.1) is 0 Å². The zero-order valence-electron chi connectivity index (χ0n) is 13.1. The van der Waals surface area contributed by atoms with Crippen LogP contribution in [0.15, 0.2) is 17.2 Å². The van der Waals surface area contributed by atoms with E-state index in [2.05, 4.69) is 17.5 Å². The Morgan fingerprint density at radius 2 is 1.95 bits per heavy atom. The number of nitrogens with zero attached hydrogens (tertiary/aromatic N) is 1. The number of carbonyl (C=O) groups is 1. The molecule has 0 heterocycles. The molecule has 0 aliphatic rings. The lowest BCUT2D eigenvalue weighted by Gasteiger charge is -2.09. The van der Waals surface area contributed by atoms with Gasteiger partial charge in [-0.15, -0.1) is 0 Å². The molecule has 0 aromatic heterocycles. The van der Waals surface area contributed by atoms with Crippen LogP contribution in [0.4, 0.5) is 0 Å². The number of amides is 1. The minimum absolute atomic E-state index is 0.0644. The third kappa shape index (κ3) is 6.17. The minimum atomic E-state index is -0.267. The number of hydrogen-bond donors (Lipinski definition) is 1. The Bertz CT molecular complexity index is 504. The topological polar surface area (TPSA) is 50.7 Å². The lowest BCUT2D eigenvalue weighted by atomic mass is 10.1. The zero-order valence-corrected chi connectivity index (χ0v) is 13.9. The molecule has 21 heavy (non-hydrogen) atoms. The summed E-state index contributed by atoms with van der Waals surface area (Å²) >= 11 is 6.09. The predicted octanol–water partition coefficient (Wildman–Crippen LogP) is 4.02. The van der Waals surface area contributed by atoms with Crippen LogP contribution >= 0.6 is 11.6 Å².